The average Bonchev–Trinajstić information content (AvgIpc) is 2.52. The number of aliphatic hydroxyl groups is 1. The van der Waals surface area contributed by atoms with Crippen molar-refractivity contribution in [2.24, 2.45) is 0 Å². The maximum Gasteiger partial charge on any atom is 0.328 e. The SMILES string of the molecule is O=c1[nH]c2ccccc2c(=O)n1C[C@@H](O)c1ccccc1. The lowest BCUT2D eigenvalue weighted by molar-refractivity contribution is 0.153. The van der Waals surface area contributed by atoms with Crippen LogP contribution in [0.15, 0.2) is 64.2 Å². The summed E-state index contributed by atoms with van der Waals surface area (Å²) in [4.78, 5) is 27.0. The van der Waals surface area contributed by atoms with Gasteiger partial charge in [-0.25, -0.2) is 4.79 Å². The van der Waals surface area contributed by atoms with Crippen molar-refractivity contribution in [3.05, 3.63) is 81.0 Å². The van der Waals surface area contributed by atoms with E-state index in [9.17, 15) is 14.7 Å². The Labute approximate surface area is 120 Å². The van der Waals surface area contributed by atoms with Gasteiger partial charge in [0, 0.05) is 0 Å². The second-order valence-corrected chi connectivity index (χ2v) is 4.82. The third-order valence-corrected chi connectivity index (χ3v) is 3.43. The van der Waals surface area contributed by atoms with Gasteiger partial charge in [0.15, 0.2) is 0 Å². The highest BCUT2D eigenvalue weighted by molar-refractivity contribution is 5.76. The number of aromatic amines is 1. The van der Waals surface area contributed by atoms with E-state index < -0.39 is 17.4 Å². The lowest BCUT2D eigenvalue weighted by Crippen LogP contribution is -2.36. The second-order valence-electron chi connectivity index (χ2n) is 4.82. The van der Waals surface area contributed by atoms with E-state index in [0.29, 0.717) is 16.5 Å². The van der Waals surface area contributed by atoms with Gasteiger partial charge in [0.05, 0.1) is 23.6 Å². The van der Waals surface area contributed by atoms with E-state index in [4.69, 9.17) is 0 Å². The van der Waals surface area contributed by atoms with Crippen molar-refractivity contribution in [1.82, 2.24) is 9.55 Å². The number of aromatic nitrogens is 2. The first-order chi connectivity index (χ1) is 10.2. The Morgan fingerprint density at radius 1 is 1.00 bits per heavy atom. The molecule has 3 aromatic rings. The number of hydrogen-bond donors (Lipinski definition) is 2. The first kappa shape index (κ1) is 13.3. The zero-order valence-electron chi connectivity index (χ0n) is 11.2. The summed E-state index contributed by atoms with van der Waals surface area (Å²) < 4.78 is 1.03. The molecule has 0 unspecified atom stereocenters. The Hall–Kier alpha value is -2.66. The molecule has 5 nitrogen and oxygen atoms in total. The molecule has 106 valence electrons. The molecule has 1 atom stereocenters. The Bertz CT molecular complexity index is 881. The number of nitrogens with one attached hydrogen (secondary N) is 1. The van der Waals surface area contributed by atoms with Crippen LogP contribution in [0.2, 0.25) is 0 Å². The minimum Gasteiger partial charge on any atom is -0.387 e. The van der Waals surface area contributed by atoms with E-state index in [1.54, 1.807) is 48.5 Å². The highest BCUT2D eigenvalue weighted by atomic mass is 16.3. The summed E-state index contributed by atoms with van der Waals surface area (Å²) in [6, 6.07) is 15.8. The van der Waals surface area contributed by atoms with Gasteiger partial charge in [-0.3, -0.25) is 9.36 Å². The van der Waals surface area contributed by atoms with Gasteiger partial charge in [-0.2, -0.15) is 0 Å². The first-order valence-corrected chi connectivity index (χ1v) is 6.61. The summed E-state index contributed by atoms with van der Waals surface area (Å²) in [5.41, 5.74) is 0.243. The molecule has 0 amide bonds. The van der Waals surface area contributed by atoms with Crippen LogP contribution in [0.3, 0.4) is 0 Å². The van der Waals surface area contributed by atoms with Crippen LogP contribution in [-0.4, -0.2) is 14.7 Å². The molecule has 0 bridgehead atoms. The molecular weight excluding hydrogens is 268 g/mol. The van der Waals surface area contributed by atoms with Gasteiger partial charge in [0.1, 0.15) is 0 Å². The minimum atomic E-state index is -0.911. The molecule has 0 saturated heterocycles. The molecule has 0 saturated carbocycles. The van der Waals surface area contributed by atoms with E-state index in [1.165, 1.54) is 0 Å². The lowest BCUT2D eigenvalue weighted by Gasteiger charge is -2.12. The zero-order chi connectivity index (χ0) is 14.8. The van der Waals surface area contributed by atoms with Crippen LogP contribution in [0, 0.1) is 0 Å². The van der Waals surface area contributed by atoms with Gasteiger partial charge in [0.2, 0.25) is 0 Å². The minimum absolute atomic E-state index is 0.0803. The number of nitrogens with zero attached hydrogens (tertiary/aromatic N) is 1. The van der Waals surface area contributed by atoms with Crippen molar-refractivity contribution in [3.63, 3.8) is 0 Å². The van der Waals surface area contributed by atoms with Crippen molar-refractivity contribution in [1.29, 1.82) is 0 Å². The third-order valence-electron chi connectivity index (χ3n) is 3.43. The quantitative estimate of drug-likeness (QED) is 0.763. The molecule has 0 spiro atoms. The van der Waals surface area contributed by atoms with Crippen LogP contribution in [0.5, 0.6) is 0 Å². The number of aliphatic hydroxyl groups excluding tert-OH is 1. The number of rotatable bonds is 3. The molecule has 0 aliphatic heterocycles. The smallest absolute Gasteiger partial charge is 0.328 e. The van der Waals surface area contributed by atoms with E-state index in [-0.39, 0.29) is 6.54 Å². The first-order valence-electron chi connectivity index (χ1n) is 6.61. The fraction of sp³-hybridized carbons (Fsp3) is 0.125. The molecule has 2 N–H and O–H groups in total. The fourth-order valence-corrected chi connectivity index (χ4v) is 2.32. The summed E-state index contributed by atoms with van der Waals surface area (Å²) in [7, 11) is 0. The lowest BCUT2D eigenvalue weighted by atomic mass is 10.1. The van der Waals surface area contributed by atoms with Crippen molar-refractivity contribution in [3.8, 4) is 0 Å². The predicted octanol–water partition coefficient (Wildman–Crippen LogP) is 1.42. The molecule has 3 rings (SSSR count). The van der Waals surface area contributed by atoms with Crippen LogP contribution in [0.25, 0.3) is 10.9 Å². The number of benzene rings is 2. The molecule has 1 heterocycles. The second kappa shape index (κ2) is 5.38. The molecular formula is C16H14N2O3. The summed E-state index contributed by atoms with van der Waals surface area (Å²) in [5, 5.41) is 10.6. The molecule has 2 aromatic carbocycles. The Balaban J connectivity index is 2.05. The number of hydrogen-bond acceptors (Lipinski definition) is 3. The predicted molar refractivity (Wildman–Crippen MR) is 80.2 cm³/mol. The largest absolute Gasteiger partial charge is 0.387 e. The zero-order valence-corrected chi connectivity index (χ0v) is 11.2. The van der Waals surface area contributed by atoms with Crippen LogP contribution < -0.4 is 11.2 Å². The molecule has 0 radical (unpaired) electrons. The normalized spacial score (nSPS) is 12.4. The molecule has 0 fully saturated rings. The van der Waals surface area contributed by atoms with E-state index in [1.807, 2.05) is 6.07 Å². The monoisotopic (exact) mass is 282 g/mol. The standard InChI is InChI=1S/C16H14N2O3/c19-14(11-6-2-1-3-7-11)10-18-15(20)12-8-4-5-9-13(12)17-16(18)21/h1-9,14,19H,10H2,(H,17,21)/t14-/m1/s1. The third kappa shape index (κ3) is 2.51. The summed E-state index contributed by atoms with van der Waals surface area (Å²) in [6.45, 7) is -0.0803. The van der Waals surface area contributed by atoms with Gasteiger partial charge >= 0.3 is 5.69 Å². The van der Waals surface area contributed by atoms with Gasteiger partial charge in [-0.05, 0) is 17.7 Å². The Morgan fingerprint density at radius 2 is 1.67 bits per heavy atom. The van der Waals surface area contributed by atoms with Crippen LogP contribution in [0.4, 0.5) is 0 Å². The average molecular weight is 282 g/mol. The molecule has 0 aliphatic rings. The van der Waals surface area contributed by atoms with Crippen LogP contribution in [0.1, 0.15) is 11.7 Å². The maximum absolute atomic E-state index is 12.3. The van der Waals surface area contributed by atoms with Crippen LogP contribution >= 0.6 is 0 Å². The van der Waals surface area contributed by atoms with Crippen molar-refractivity contribution in [2.45, 2.75) is 12.6 Å². The Morgan fingerprint density at radius 3 is 2.43 bits per heavy atom. The summed E-state index contributed by atoms with van der Waals surface area (Å²) >= 11 is 0. The van der Waals surface area contributed by atoms with E-state index in [0.717, 1.165) is 4.57 Å². The van der Waals surface area contributed by atoms with Gasteiger partial charge in [0.25, 0.3) is 5.56 Å². The van der Waals surface area contributed by atoms with Gasteiger partial charge in [-0.15, -0.1) is 0 Å². The molecule has 21 heavy (non-hydrogen) atoms. The molecule has 0 aliphatic carbocycles. The van der Waals surface area contributed by atoms with Crippen molar-refractivity contribution < 1.29 is 5.11 Å². The Kier molecular flexibility index (Phi) is 3.41. The van der Waals surface area contributed by atoms with Gasteiger partial charge in [-0.1, -0.05) is 42.5 Å². The highest BCUT2D eigenvalue weighted by Crippen LogP contribution is 2.13. The van der Waals surface area contributed by atoms with Gasteiger partial charge < -0.3 is 10.1 Å². The summed E-state index contributed by atoms with van der Waals surface area (Å²) in [5.74, 6) is 0. The van der Waals surface area contributed by atoms with Crippen LogP contribution in [-0.2, 0) is 6.54 Å². The maximum atomic E-state index is 12.3. The number of fused-ring (bicyclic) bond motifs is 1. The fourth-order valence-electron chi connectivity index (χ4n) is 2.32. The van der Waals surface area contributed by atoms with Crippen molar-refractivity contribution in [2.75, 3.05) is 0 Å². The topological polar surface area (TPSA) is 75.1 Å². The number of H-pyrrole nitrogens is 1. The van der Waals surface area contributed by atoms with E-state index >= 15 is 0 Å². The van der Waals surface area contributed by atoms with E-state index in [2.05, 4.69) is 4.98 Å². The summed E-state index contributed by atoms with van der Waals surface area (Å²) in [6.07, 6.45) is -0.911. The van der Waals surface area contributed by atoms with Crippen molar-refractivity contribution >= 4 is 10.9 Å². The highest BCUT2D eigenvalue weighted by Gasteiger charge is 2.13. The number of para-hydroxylation sites is 1. The molecule has 1 aromatic heterocycles. The molecule has 5 heteroatoms.